The molecule has 0 radical (unpaired) electrons. The van der Waals surface area contributed by atoms with Gasteiger partial charge in [-0.05, 0) is 59.7 Å². The number of aromatic nitrogens is 4. The number of carboxylic acid groups (broad SMARTS) is 1. The third kappa shape index (κ3) is 12.4. The monoisotopic (exact) mass is 1020 g/mol. The summed E-state index contributed by atoms with van der Waals surface area (Å²) in [5, 5.41) is 14.2. The lowest BCUT2D eigenvalue weighted by Crippen LogP contribution is -2.39. The number of benzene rings is 2. The number of anilines is 4. The summed E-state index contributed by atoms with van der Waals surface area (Å²) in [7, 11) is 0. The first kappa shape index (κ1) is 46.8. The van der Waals surface area contributed by atoms with Gasteiger partial charge in [0, 0.05) is 107 Å². The molecule has 2 aliphatic heterocycles. The highest BCUT2D eigenvalue weighted by Crippen LogP contribution is 2.35. The lowest BCUT2D eigenvalue weighted by atomic mass is 10.1. The topological polar surface area (TPSA) is 156 Å². The van der Waals surface area contributed by atoms with Crippen LogP contribution in [0.1, 0.15) is 36.8 Å². The smallest absolute Gasteiger partial charge is 0.307 e. The first-order chi connectivity index (χ1) is 27.9. The summed E-state index contributed by atoms with van der Waals surface area (Å²) < 4.78 is 54.8. The van der Waals surface area contributed by atoms with Crippen molar-refractivity contribution in [3.05, 3.63) is 103 Å². The number of carbonyl (C=O) groups is 2. The Morgan fingerprint density at radius 2 is 1.20 bits per heavy atom. The Morgan fingerprint density at radius 1 is 0.750 bits per heavy atom. The predicted molar refractivity (Wildman–Crippen MR) is 239 cm³/mol. The summed E-state index contributed by atoms with van der Waals surface area (Å²) in [6, 6.07) is 14.9. The molecule has 6 heterocycles. The minimum absolute atomic E-state index is 0. The van der Waals surface area contributed by atoms with Crippen molar-refractivity contribution in [2.75, 3.05) is 47.0 Å². The molecule has 6 aromatic rings. The van der Waals surface area contributed by atoms with E-state index in [-0.39, 0.29) is 83.0 Å². The summed E-state index contributed by atoms with van der Waals surface area (Å²) in [6.45, 7) is 0.793. The van der Waals surface area contributed by atoms with Gasteiger partial charge in [0.15, 0.2) is 0 Å². The number of hydrogen-bond donors (Lipinski definition) is 5. The van der Waals surface area contributed by atoms with Crippen molar-refractivity contribution in [2.24, 2.45) is 0 Å². The molecule has 0 bridgehead atoms. The minimum Gasteiger partial charge on any atom is -0.481 e. The van der Waals surface area contributed by atoms with Gasteiger partial charge in [0.05, 0.1) is 34.3 Å². The van der Waals surface area contributed by atoms with Gasteiger partial charge in [-0.1, -0.05) is 55.1 Å². The number of halogens is 9. The normalized spacial score (nSPS) is 15.6. The van der Waals surface area contributed by atoms with Crippen LogP contribution in [0.5, 0.6) is 0 Å². The number of aliphatic carboxylic acids is 1. The maximum atomic E-state index is 13.3. The molecule has 2 saturated heterocycles. The number of alkyl halides is 4. The second-order valence-electron chi connectivity index (χ2n) is 14.1. The van der Waals surface area contributed by atoms with Crippen LogP contribution in [-0.2, 0) is 22.4 Å². The second kappa shape index (κ2) is 20.1. The molecule has 20 heteroatoms. The van der Waals surface area contributed by atoms with Crippen molar-refractivity contribution >= 4 is 124 Å². The number of nitrogen functional groups attached to an aromatic ring is 1. The van der Waals surface area contributed by atoms with Gasteiger partial charge in [-0.3, -0.25) is 9.59 Å². The zero-order chi connectivity index (χ0) is 42.5. The number of carboxylic acids is 1. The highest BCUT2D eigenvalue weighted by Gasteiger charge is 2.36. The number of H-pyrrole nitrogens is 2. The van der Waals surface area contributed by atoms with Crippen molar-refractivity contribution in [3.8, 4) is 0 Å². The van der Waals surface area contributed by atoms with Crippen molar-refractivity contribution < 1.29 is 32.3 Å². The molecule has 0 saturated carbocycles. The van der Waals surface area contributed by atoms with Crippen LogP contribution in [0.3, 0.4) is 0 Å². The molecule has 1 amide bonds. The number of rotatable bonds is 7. The summed E-state index contributed by atoms with van der Waals surface area (Å²) in [4.78, 5) is 41.1. The molecule has 0 atom stereocenters. The fourth-order valence-corrected chi connectivity index (χ4v) is 7.89. The molecular formula is C40H39Br2Cl3F4N8O3. The highest BCUT2D eigenvalue weighted by atomic mass is 79.9. The number of fused-ring (bicyclic) bond motifs is 2. The molecule has 11 nitrogen and oxygen atoms in total. The SMILES string of the molecule is Cl.Nc1c[nH]c2ccc(Br)cc12.O=C(Cc1cnc(N2CCC(F)(F)CC2)c(Cl)c1)Nc1c[nH]c2ccc(Br)cc12.O=C(O)Cc1cnc(N2CCC(F)(F)CC2)c(Cl)c1. The van der Waals surface area contributed by atoms with Crippen LogP contribution in [0.4, 0.5) is 40.6 Å². The van der Waals surface area contributed by atoms with E-state index in [4.69, 9.17) is 34.0 Å². The zero-order valence-electron chi connectivity index (χ0n) is 31.6. The Kier molecular flexibility index (Phi) is 15.6. The maximum absolute atomic E-state index is 13.3. The molecule has 2 aromatic carbocycles. The van der Waals surface area contributed by atoms with E-state index in [0.29, 0.717) is 38.5 Å². The van der Waals surface area contributed by atoms with E-state index >= 15 is 0 Å². The Labute approximate surface area is 375 Å². The molecule has 0 spiro atoms. The molecule has 2 aliphatic rings. The van der Waals surface area contributed by atoms with Crippen LogP contribution in [-0.4, -0.2) is 74.9 Å². The fourth-order valence-electron chi connectivity index (χ4n) is 6.56. The van der Waals surface area contributed by atoms with E-state index in [1.54, 1.807) is 34.5 Å². The van der Waals surface area contributed by atoms with Gasteiger partial charge in [0.1, 0.15) is 11.6 Å². The summed E-state index contributed by atoms with van der Waals surface area (Å²) in [5.74, 6) is -5.50. The van der Waals surface area contributed by atoms with Crippen molar-refractivity contribution in [1.29, 1.82) is 0 Å². The Balaban J connectivity index is 0.000000188. The van der Waals surface area contributed by atoms with E-state index in [1.807, 2.05) is 36.4 Å². The summed E-state index contributed by atoms with van der Waals surface area (Å²) >= 11 is 19.2. The second-order valence-corrected chi connectivity index (χ2v) is 16.8. The first-order valence-corrected chi connectivity index (χ1v) is 20.6. The lowest BCUT2D eigenvalue weighted by molar-refractivity contribution is -0.136. The van der Waals surface area contributed by atoms with E-state index in [1.165, 1.54) is 12.3 Å². The van der Waals surface area contributed by atoms with Crippen LogP contribution in [0.2, 0.25) is 10.0 Å². The predicted octanol–water partition coefficient (Wildman–Crippen LogP) is 10.9. The number of hydrogen-bond acceptors (Lipinski definition) is 7. The van der Waals surface area contributed by atoms with E-state index in [2.05, 4.69) is 57.1 Å². The molecule has 4 aromatic heterocycles. The fraction of sp³-hybridized carbons (Fsp3) is 0.300. The summed E-state index contributed by atoms with van der Waals surface area (Å²) in [5.41, 5.74) is 10.3. The number of nitrogens with two attached hydrogens (primary N) is 1. The third-order valence-electron chi connectivity index (χ3n) is 9.66. The Bertz CT molecular complexity index is 2450. The lowest BCUT2D eigenvalue weighted by Gasteiger charge is -2.33. The van der Waals surface area contributed by atoms with Gasteiger partial charge in [-0.2, -0.15) is 0 Å². The van der Waals surface area contributed by atoms with Gasteiger partial charge in [-0.15, -0.1) is 12.4 Å². The number of amides is 1. The number of nitrogens with one attached hydrogen (secondary N) is 3. The summed E-state index contributed by atoms with van der Waals surface area (Å²) in [6.07, 6.45) is 5.61. The number of aromatic amines is 2. The average Bonchev–Trinajstić information content (AvgIpc) is 3.74. The van der Waals surface area contributed by atoms with E-state index in [0.717, 1.165) is 36.4 Å². The van der Waals surface area contributed by atoms with Crippen LogP contribution < -0.4 is 20.9 Å². The van der Waals surface area contributed by atoms with Gasteiger partial charge >= 0.3 is 5.97 Å². The van der Waals surface area contributed by atoms with Gasteiger partial charge in [-0.25, -0.2) is 27.5 Å². The molecular weight excluding hydrogens is 983 g/mol. The van der Waals surface area contributed by atoms with E-state index < -0.39 is 17.8 Å². The number of nitrogens with zero attached hydrogens (tertiary/aromatic N) is 4. The highest BCUT2D eigenvalue weighted by molar-refractivity contribution is 9.10. The molecule has 8 rings (SSSR count). The minimum atomic E-state index is -2.63. The average molecular weight is 1020 g/mol. The molecule has 0 unspecified atom stereocenters. The molecule has 320 valence electrons. The molecule has 2 fully saturated rings. The van der Waals surface area contributed by atoms with Crippen LogP contribution >= 0.6 is 67.5 Å². The van der Waals surface area contributed by atoms with Crippen molar-refractivity contribution in [3.63, 3.8) is 0 Å². The van der Waals surface area contributed by atoms with Crippen molar-refractivity contribution in [2.45, 2.75) is 50.4 Å². The van der Waals surface area contributed by atoms with Crippen LogP contribution in [0.25, 0.3) is 21.8 Å². The Morgan fingerprint density at radius 3 is 1.68 bits per heavy atom. The molecule has 6 N–H and O–H groups in total. The van der Waals surface area contributed by atoms with Gasteiger partial charge in [0.2, 0.25) is 5.91 Å². The van der Waals surface area contributed by atoms with Crippen LogP contribution in [0.15, 0.2) is 82.3 Å². The Hall–Kier alpha value is -4.29. The maximum Gasteiger partial charge on any atom is 0.307 e. The van der Waals surface area contributed by atoms with Crippen molar-refractivity contribution in [1.82, 2.24) is 19.9 Å². The standard InChI is InChI=1S/C20H18BrClF2N4O.C12H13ClF2N2O2.C8H7BrN2.ClH/c21-13-1-2-16-14(9-13)17(11-25-16)27-18(29)8-12-7-15(22)19(26-10-12)28-5-3-20(23,24)4-6-28;13-9-5-8(6-10(18)19)7-16-11(9)17-3-1-12(14,15)2-4-17;9-5-1-2-8-6(3-5)7(10)4-11-8;/h1-2,7,9-11,25H,3-6,8H2,(H,27,29);5,7H,1-4,6H2,(H,18,19);1-4,11H,10H2;1H. The number of pyridine rings is 2. The first-order valence-electron chi connectivity index (χ1n) is 18.3. The molecule has 60 heavy (non-hydrogen) atoms. The molecule has 0 aliphatic carbocycles. The largest absolute Gasteiger partial charge is 0.481 e. The van der Waals surface area contributed by atoms with Crippen LogP contribution in [0, 0.1) is 0 Å². The number of carbonyl (C=O) groups excluding carboxylic acids is 1. The van der Waals surface area contributed by atoms with Gasteiger partial charge in [0.25, 0.3) is 11.8 Å². The third-order valence-corrected chi connectivity index (χ3v) is 11.2. The quantitative estimate of drug-likeness (QED) is 0.0990. The van der Waals surface area contributed by atoms with E-state index in [9.17, 15) is 27.2 Å². The zero-order valence-corrected chi connectivity index (χ0v) is 37.1. The van der Waals surface area contributed by atoms with Gasteiger partial charge < -0.3 is 35.9 Å². The number of piperidine rings is 2.